The van der Waals surface area contributed by atoms with Crippen molar-refractivity contribution in [3.8, 4) is 0 Å². The SMILES string of the molecule is CCN(CC)C(=O)C(C)NC1CCOC(C(C)C)C1. The second-order valence-corrected chi connectivity index (χ2v) is 5.77. The summed E-state index contributed by atoms with van der Waals surface area (Å²) in [4.78, 5) is 14.1. The van der Waals surface area contributed by atoms with Crippen LogP contribution in [0.2, 0.25) is 0 Å². The van der Waals surface area contributed by atoms with E-state index in [1.807, 2.05) is 25.7 Å². The molecule has 1 saturated heterocycles. The van der Waals surface area contributed by atoms with Crippen LogP contribution in [0.25, 0.3) is 0 Å². The number of carbonyl (C=O) groups excluding carboxylic acids is 1. The normalized spacial score (nSPS) is 25.4. The van der Waals surface area contributed by atoms with Crippen molar-refractivity contribution in [3.63, 3.8) is 0 Å². The molecule has 1 N–H and O–H groups in total. The molecule has 0 saturated carbocycles. The predicted octanol–water partition coefficient (Wildman–Crippen LogP) is 2.04. The van der Waals surface area contributed by atoms with Crippen molar-refractivity contribution in [1.29, 1.82) is 0 Å². The van der Waals surface area contributed by atoms with Gasteiger partial charge in [0.1, 0.15) is 0 Å². The number of nitrogens with one attached hydrogen (secondary N) is 1. The predicted molar refractivity (Wildman–Crippen MR) is 78.1 cm³/mol. The first-order chi connectivity index (χ1) is 8.99. The van der Waals surface area contributed by atoms with Gasteiger partial charge in [0.25, 0.3) is 0 Å². The van der Waals surface area contributed by atoms with E-state index in [1.54, 1.807) is 0 Å². The molecular formula is C15H30N2O2. The molecule has 3 unspecified atom stereocenters. The van der Waals surface area contributed by atoms with E-state index in [9.17, 15) is 4.79 Å². The minimum Gasteiger partial charge on any atom is -0.378 e. The molecule has 112 valence electrons. The molecular weight excluding hydrogens is 240 g/mol. The summed E-state index contributed by atoms with van der Waals surface area (Å²) in [7, 11) is 0. The second kappa shape index (κ2) is 7.85. The third-order valence-electron chi connectivity index (χ3n) is 3.99. The average molecular weight is 270 g/mol. The highest BCUT2D eigenvalue weighted by Crippen LogP contribution is 2.20. The maximum absolute atomic E-state index is 12.2. The maximum Gasteiger partial charge on any atom is 0.239 e. The smallest absolute Gasteiger partial charge is 0.239 e. The van der Waals surface area contributed by atoms with E-state index in [-0.39, 0.29) is 11.9 Å². The highest BCUT2D eigenvalue weighted by atomic mass is 16.5. The molecule has 0 aromatic rings. The van der Waals surface area contributed by atoms with Gasteiger partial charge in [-0.05, 0) is 39.5 Å². The summed E-state index contributed by atoms with van der Waals surface area (Å²) >= 11 is 0. The van der Waals surface area contributed by atoms with Crippen molar-refractivity contribution in [2.45, 2.75) is 65.6 Å². The molecule has 0 bridgehead atoms. The zero-order chi connectivity index (χ0) is 14.4. The van der Waals surface area contributed by atoms with Crippen molar-refractivity contribution >= 4 is 5.91 Å². The van der Waals surface area contributed by atoms with E-state index < -0.39 is 0 Å². The monoisotopic (exact) mass is 270 g/mol. The van der Waals surface area contributed by atoms with Crippen LogP contribution >= 0.6 is 0 Å². The number of carbonyl (C=O) groups is 1. The Hall–Kier alpha value is -0.610. The molecule has 19 heavy (non-hydrogen) atoms. The van der Waals surface area contributed by atoms with Gasteiger partial charge >= 0.3 is 0 Å². The van der Waals surface area contributed by atoms with E-state index in [2.05, 4.69) is 19.2 Å². The summed E-state index contributed by atoms with van der Waals surface area (Å²) in [5.74, 6) is 0.746. The lowest BCUT2D eigenvalue weighted by Crippen LogP contribution is -2.51. The number of amides is 1. The van der Waals surface area contributed by atoms with E-state index >= 15 is 0 Å². The summed E-state index contributed by atoms with van der Waals surface area (Å²) in [6.07, 6.45) is 2.33. The summed E-state index contributed by atoms with van der Waals surface area (Å²) in [6.45, 7) is 12.8. The van der Waals surface area contributed by atoms with Crippen LogP contribution in [-0.4, -0.2) is 48.7 Å². The zero-order valence-electron chi connectivity index (χ0n) is 13.1. The van der Waals surface area contributed by atoms with Crippen LogP contribution in [-0.2, 0) is 9.53 Å². The molecule has 1 rings (SSSR count). The van der Waals surface area contributed by atoms with Crippen molar-refractivity contribution in [2.75, 3.05) is 19.7 Å². The number of ether oxygens (including phenoxy) is 1. The van der Waals surface area contributed by atoms with Crippen molar-refractivity contribution in [1.82, 2.24) is 10.2 Å². The molecule has 0 spiro atoms. The zero-order valence-corrected chi connectivity index (χ0v) is 13.1. The average Bonchev–Trinajstić information content (AvgIpc) is 2.40. The van der Waals surface area contributed by atoms with Gasteiger partial charge in [-0.3, -0.25) is 4.79 Å². The standard InChI is InChI=1S/C15H30N2O2/c1-6-17(7-2)15(18)12(5)16-13-8-9-19-14(10-13)11(3)4/h11-14,16H,6-10H2,1-5H3. The van der Waals surface area contributed by atoms with Crippen LogP contribution in [0, 0.1) is 5.92 Å². The van der Waals surface area contributed by atoms with Crippen molar-refractivity contribution in [2.24, 2.45) is 5.92 Å². The molecule has 1 heterocycles. The minimum absolute atomic E-state index is 0.101. The van der Waals surface area contributed by atoms with Gasteiger partial charge < -0.3 is 15.0 Å². The van der Waals surface area contributed by atoms with Crippen LogP contribution in [0.15, 0.2) is 0 Å². The third kappa shape index (κ3) is 4.77. The topological polar surface area (TPSA) is 41.6 Å². The number of rotatable bonds is 6. The molecule has 1 fully saturated rings. The fourth-order valence-corrected chi connectivity index (χ4v) is 2.68. The van der Waals surface area contributed by atoms with Crippen LogP contribution < -0.4 is 5.32 Å². The van der Waals surface area contributed by atoms with Crippen LogP contribution in [0.4, 0.5) is 0 Å². The Morgan fingerprint density at radius 2 is 1.95 bits per heavy atom. The molecule has 4 nitrogen and oxygen atoms in total. The quantitative estimate of drug-likeness (QED) is 0.803. The summed E-state index contributed by atoms with van der Waals surface area (Å²) in [5, 5.41) is 3.48. The van der Waals surface area contributed by atoms with Gasteiger partial charge in [0.05, 0.1) is 12.1 Å². The Balaban J connectivity index is 2.47. The highest BCUT2D eigenvalue weighted by molar-refractivity contribution is 5.81. The Morgan fingerprint density at radius 3 is 2.47 bits per heavy atom. The first-order valence-electron chi connectivity index (χ1n) is 7.65. The van der Waals surface area contributed by atoms with Gasteiger partial charge in [0.2, 0.25) is 5.91 Å². The Kier molecular flexibility index (Phi) is 6.80. The van der Waals surface area contributed by atoms with E-state index in [0.717, 1.165) is 32.5 Å². The molecule has 0 aliphatic carbocycles. The molecule has 4 heteroatoms. The largest absolute Gasteiger partial charge is 0.378 e. The van der Waals surface area contributed by atoms with Crippen molar-refractivity contribution < 1.29 is 9.53 Å². The lowest BCUT2D eigenvalue weighted by atomic mass is 9.95. The third-order valence-corrected chi connectivity index (χ3v) is 3.99. The molecule has 0 aromatic heterocycles. The Bertz CT molecular complexity index is 277. The first-order valence-corrected chi connectivity index (χ1v) is 7.65. The van der Waals surface area contributed by atoms with Gasteiger partial charge in [0.15, 0.2) is 0 Å². The van der Waals surface area contributed by atoms with Crippen LogP contribution in [0.1, 0.15) is 47.5 Å². The van der Waals surface area contributed by atoms with Gasteiger partial charge in [-0.25, -0.2) is 0 Å². The number of likely N-dealkylation sites (N-methyl/N-ethyl adjacent to an activating group) is 1. The molecule has 1 aliphatic heterocycles. The molecule has 0 aromatic carbocycles. The van der Waals surface area contributed by atoms with Gasteiger partial charge in [0, 0.05) is 25.7 Å². The Labute approximate surface area is 117 Å². The molecule has 0 radical (unpaired) electrons. The summed E-state index contributed by atoms with van der Waals surface area (Å²) < 4.78 is 5.77. The van der Waals surface area contributed by atoms with Gasteiger partial charge in [-0.15, -0.1) is 0 Å². The van der Waals surface area contributed by atoms with E-state index in [1.165, 1.54) is 0 Å². The summed E-state index contributed by atoms with van der Waals surface area (Å²) in [5.41, 5.74) is 0. The maximum atomic E-state index is 12.2. The number of hydrogen-bond donors (Lipinski definition) is 1. The lowest BCUT2D eigenvalue weighted by molar-refractivity contribution is -0.133. The van der Waals surface area contributed by atoms with E-state index in [4.69, 9.17) is 4.74 Å². The first kappa shape index (κ1) is 16.4. The van der Waals surface area contributed by atoms with Gasteiger partial charge in [-0.2, -0.15) is 0 Å². The van der Waals surface area contributed by atoms with Crippen LogP contribution in [0.5, 0.6) is 0 Å². The Morgan fingerprint density at radius 1 is 1.32 bits per heavy atom. The molecule has 3 atom stereocenters. The molecule has 1 amide bonds. The van der Waals surface area contributed by atoms with Crippen molar-refractivity contribution in [3.05, 3.63) is 0 Å². The van der Waals surface area contributed by atoms with Crippen LogP contribution in [0.3, 0.4) is 0 Å². The molecule has 1 aliphatic rings. The summed E-state index contributed by atoms with van der Waals surface area (Å²) in [6, 6.07) is 0.298. The minimum atomic E-state index is -0.101. The second-order valence-electron chi connectivity index (χ2n) is 5.77. The van der Waals surface area contributed by atoms with Gasteiger partial charge in [-0.1, -0.05) is 13.8 Å². The van der Waals surface area contributed by atoms with E-state index in [0.29, 0.717) is 18.1 Å². The number of nitrogens with zero attached hydrogens (tertiary/aromatic N) is 1. The lowest BCUT2D eigenvalue weighted by Gasteiger charge is -2.34. The number of hydrogen-bond acceptors (Lipinski definition) is 3. The fourth-order valence-electron chi connectivity index (χ4n) is 2.68. The fraction of sp³-hybridized carbons (Fsp3) is 0.933. The highest BCUT2D eigenvalue weighted by Gasteiger charge is 2.28.